The van der Waals surface area contributed by atoms with E-state index < -0.39 is 0 Å². The summed E-state index contributed by atoms with van der Waals surface area (Å²) < 4.78 is 10.8. The summed E-state index contributed by atoms with van der Waals surface area (Å²) in [7, 11) is 1.41. The lowest BCUT2D eigenvalue weighted by atomic mass is 9.90. The first-order valence-electron chi connectivity index (χ1n) is 7.69. The van der Waals surface area contributed by atoms with Crippen LogP contribution in [0.25, 0.3) is 10.2 Å². The second-order valence-electron chi connectivity index (χ2n) is 5.83. The molecule has 1 aliphatic heterocycles. The molecule has 130 valence electrons. The fourth-order valence-electron chi connectivity index (χ4n) is 2.63. The van der Waals surface area contributed by atoms with Gasteiger partial charge in [0.2, 0.25) is 0 Å². The first kappa shape index (κ1) is 18.0. The van der Waals surface area contributed by atoms with E-state index in [1.807, 2.05) is 6.26 Å². The van der Waals surface area contributed by atoms with Gasteiger partial charge in [0.1, 0.15) is 9.86 Å². The molecule has 0 amide bonds. The monoisotopic (exact) mass is 384 g/mol. The van der Waals surface area contributed by atoms with Crippen molar-refractivity contribution in [3.63, 3.8) is 0 Å². The second kappa shape index (κ2) is 7.19. The summed E-state index contributed by atoms with van der Waals surface area (Å²) in [4.78, 5) is 23.1. The highest BCUT2D eigenvalue weighted by Gasteiger charge is 2.33. The van der Waals surface area contributed by atoms with Crippen LogP contribution in [-0.4, -0.2) is 40.7 Å². The molecule has 3 rings (SSSR count). The summed E-state index contributed by atoms with van der Waals surface area (Å²) in [5.74, 6) is 0.00563. The molecule has 0 fully saturated rings. The summed E-state index contributed by atoms with van der Waals surface area (Å²) in [5.41, 5.74) is 1.13. The summed E-state index contributed by atoms with van der Waals surface area (Å²) >= 11 is 4.61. The second-order valence-corrected chi connectivity index (χ2v) is 8.65. The zero-order valence-corrected chi connectivity index (χ0v) is 16.6. The number of hydrogen-bond donors (Lipinski definition) is 0. The van der Waals surface area contributed by atoms with Gasteiger partial charge in [0.05, 0.1) is 25.1 Å². The number of esters is 1. The van der Waals surface area contributed by atoms with Gasteiger partial charge in [-0.1, -0.05) is 30.4 Å². The van der Waals surface area contributed by atoms with Gasteiger partial charge in [-0.3, -0.25) is 4.79 Å². The van der Waals surface area contributed by atoms with Crippen LogP contribution in [-0.2, 0) is 27.3 Å². The van der Waals surface area contributed by atoms with Gasteiger partial charge in [-0.05, 0) is 25.2 Å². The average molecular weight is 385 g/mol. The number of ether oxygens (including phenoxy) is 2. The maximum atomic E-state index is 11.5. The van der Waals surface area contributed by atoms with Crippen LogP contribution in [0.1, 0.15) is 30.7 Å². The van der Waals surface area contributed by atoms with Crippen molar-refractivity contribution in [3.8, 4) is 0 Å². The highest BCUT2D eigenvalue weighted by molar-refractivity contribution is 8.00. The molecule has 1 unspecified atom stereocenters. The van der Waals surface area contributed by atoms with Crippen LogP contribution in [0.2, 0.25) is 0 Å². The predicted molar refractivity (Wildman–Crippen MR) is 99.1 cm³/mol. The zero-order chi connectivity index (χ0) is 17.3. The lowest BCUT2D eigenvalue weighted by Crippen LogP contribution is -2.33. The van der Waals surface area contributed by atoms with Crippen molar-refractivity contribution in [1.82, 2.24) is 9.97 Å². The Labute approximate surface area is 153 Å². The standard InChI is InChI=1S/C16H20N2O3S3/c1-5-16(2)6-9-10(7-21-16)24-14-12(9)13(17-15(18-14)22-4)23-8-11(19)20-3/h5-8H2,1-4H3. The molecule has 2 aromatic heterocycles. The van der Waals surface area contributed by atoms with Crippen LogP contribution in [0, 0.1) is 0 Å². The Kier molecular flexibility index (Phi) is 5.39. The van der Waals surface area contributed by atoms with Gasteiger partial charge in [0.25, 0.3) is 0 Å². The third-order valence-corrected chi connectivity index (χ3v) is 6.86. The Morgan fingerprint density at radius 1 is 1.46 bits per heavy atom. The van der Waals surface area contributed by atoms with Crippen LogP contribution < -0.4 is 0 Å². The molecule has 24 heavy (non-hydrogen) atoms. The summed E-state index contributed by atoms with van der Waals surface area (Å²) in [5, 5.41) is 2.69. The van der Waals surface area contributed by atoms with E-state index >= 15 is 0 Å². The maximum Gasteiger partial charge on any atom is 0.316 e. The number of methoxy groups -OCH3 is 1. The highest BCUT2D eigenvalue weighted by Crippen LogP contribution is 2.43. The van der Waals surface area contributed by atoms with E-state index in [1.54, 1.807) is 11.3 Å². The molecule has 0 bridgehead atoms. The number of rotatable bonds is 5. The molecular weight excluding hydrogens is 364 g/mol. The van der Waals surface area contributed by atoms with Crippen LogP contribution in [0.4, 0.5) is 0 Å². The molecule has 0 N–H and O–H groups in total. The Balaban J connectivity index is 2.08. The quantitative estimate of drug-likeness (QED) is 0.335. The molecule has 0 aliphatic carbocycles. The molecule has 3 heterocycles. The molecule has 1 aliphatic rings. The highest BCUT2D eigenvalue weighted by atomic mass is 32.2. The van der Waals surface area contributed by atoms with Crippen molar-refractivity contribution in [3.05, 3.63) is 10.4 Å². The van der Waals surface area contributed by atoms with E-state index in [0.29, 0.717) is 6.61 Å². The summed E-state index contributed by atoms with van der Waals surface area (Å²) in [6.07, 6.45) is 3.77. The van der Waals surface area contributed by atoms with Gasteiger partial charge in [-0.2, -0.15) is 0 Å². The third kappa shape index (κ3) is 3.42. The van der Waals surface area contributed by atoms with Crippen LogP contribution in [0.15, 0.2) is 10.2 Å². The van der Waals surface area contributed by atoms with Gasteiger partial charge in [-0.25, -0.2) is 9.97 Å². The first-order valence-corrected chi connectivity index (χ1v) is 10.7. The van der Waals surface area contributed by atoms with E-state index in [-0.39, 0.29) is 17.3 Å². The number of thiophene rings is 1. The number of thioether (sulfide) groups is 2. The fraction of sp³-hybridized carbons (Fsp3) is 0.562. The number of hydrogen-bond acceptors (Lipinski definition) is 8. The Morgan fingerprint density at radius 2 is 2.25 bits per heavy atom. The van der Waals surface area contributed by atoms with Crippen molar-refractivity contribution >= 4 is 51.0 Å². The molecule has 0 saturated carbocycles. The van der Waals surface area contributed by atoms with Gasteiger partial charge in [0, 0.05) is 16.7 Å². The van der Waals surface area contributed by atoms with E-state index in [4.69, 9.17) is 9.47 Å². The topological polar surface area (TPSA) is 61.3 Å². The summed E-state index contributed by atoms with van der Waals surface area (Å²) in [6.45, 7) is 4.92. The predicted octanol–water partition coefficient (Wildman–Crippen LogP) is 3.92. The number of carbonyl (C=O) groups excluding carboxylic acids is 1. The van der Waals surface area contributed by atoms with Gasteiger partial charge < -0.3 is 9.47 Å². The molecule has 0 spiro atoms. The molecule has 1 atom stereocenters. The van der Waals surface area contributed by atoms with E-state index in [2.05, 4.69) is 23.8 Å². The zero-order valence-electron chi connectivity index (χ0n) is 14.2. The van der Waals surface area contributed by atoms with Gasteiger partial charge in [0.15, 0.2) is 5.16 Å². The smallest absolute Gasteiger partial charge is 0.316 e. The summed E-state index contributed by atoms with van der Waals surface area (Å²) in [6, 6.07) is 0. The van der Waals surface area contributed by atoms with Gasteiger partial charge >= 0.3 is 5.97 Å². The number of carbonyl (C=O) groups is 1. The Hall–Kier alpha value is -0.830. The van der Waals surface area contributed by atoms with E-state index in [0.717, 1.165) is 33.2 Å². The molecule has 0 radical (unpaired) electrons. The van der Waals surface area contributed by atoms with E-state index in [9.17, 15) is 4.79 Å². The van der Waals surface area contributed by atoms with Crippen molar-refractivity contribution in [1.29, 1.82) is 0 Å². The van der Waals surface area contributed by atoms with Crippen LogP contribution in [0.3, 0.4) is 0 Å². The van der Waals surface area contributed by atoms with Crippen molar-refractivity contribution < 1.29 is 14.3 Å². The molecule has 0 aromatic carbocycles. The maximum absolute atomic E-state index is 11.5. The van der Waals surface area contributed by atoms with Crippen LogP contribution >= 0.6 is 34.9 Å². The molecule has 2 aromatic rings. The van der Waals surface area contributed by atoms with Crippen molar-refractivity contribution in [2.24, 2.45) is 0 Å². The van der Waals surface area contributed by atoms with Crippen LogP contribution in [0.5, 0.6) is 0 Å². The SMILES string of the molecule is CCC1(C)Cc2c(sc3nc(SC)nc(SCC(=O)OC)c23)CO1. The van der Waals surface area contributed by atoms with Crippen molar-refractivity contribution in [2.75, 3.05) is 19.1 Å². The first-order chi connectivity index (χ1) is 11.5. The van der Waals surface area contributed by atoms with Crippen molar-refractivity contribution in [2.45, 2.75) is 49.1 Å². The van der Waals surface area contributed by atoms with E-state index in [1.165, 1.54) is 41.1 Å². The van der Waals surface area contributed by atoms with Gasteiger partial charge in [-0.15, -0.1) is 11.3 Å². The Morgan fingerprint density at radius 3 is 2.92 bits per heavy atom. The number of fused-ring (bicyclic) bond motifs is 3. The normalized spacial score (nSPS) is 20.2. The fourth-order valence-corrected chi connectivity index (χ4v) is 5.16. The lowest BCUT2D eigenvalue weighted by Gasteiger charge is -2.33. The molecular formula is C16H20N2O3S3. The average Bonchev–Trinajstić information content (AvgIpc) is 2.96. The Bertz CT molecular complexity index is 778. The molecule has 0 saturated heterocycles. The molecule has 8 heteroatoms. The largest absolute Gasteiger partial charge is 0.468 e. The minimum absolute atomic E-state index is 0.149. The number of aromatic nitrogens is 2. The number of nitrogens with zero attached hydrogens (tertiary/aromatic N) is 2. The third-order valence-electron chi connectivity index (χ3n) is 4.27. The minimum Gasteiger partial charge on any atom is -0.468 e. The molecule has 5 nitrogen and oxygen atoms in total. The lowest BCUT2D eigenvalue weighted by molar-refractivity contribution is -0.137. The minimum atomic E-state index is -0.247.